The van der Waals surface area contributed by atoms with Gasteiger partial charge in [0.1, 0.15) is 5.75 Å². The van der Waals surface area contributed by atoms with Crippen LogP contribution in [-0.2, 0) is 9.59 Å². The van der Waals surface area contributed by atoms with Gasteiger partial charge in [0.15, 0.2) is 6.10 Å². The normalized spacial score (nSPS) is 20.3. The van der Waals surface area contributed by atoms with Crippen molar-refractivity contribution in [3.63, 3.8) is 0 Å². The number of carbonyl (C=O) groups excluding carboxylic acids is 3. The predicted molar refractivity (Wildman–Crippen MR) is 117 cm³/mol. The zero-order valence-corrected chi connectivity index (χ0v) is 17.4. The minimum absolute atomic E-state index is 0.0955. The Balaban J connectivity index is 1.49. The van der Waals surface area contributed by atoms with Crippen LogP contribution in [0.15, 0.2) is 54.6 Å². The molecule has 2 aliphatic rings. The average Bonchev–Trinajstić information content (AvgIpc) is 2.83. The number of nitrogens with one attached hydrogen (secondary N) is 2. The summed E-state index contributed by atoms with van der Waals surface area (Å²) < 4.78 is 5.80. The molecule has 0 aliphatic carbocycles. The number of fused-ring (bicyclic) bond motifs is 1. The van der Waals surface area contributed by atoms with Crippen LogP contribution in [-0.4, -0.2) is 55.5 Å². The van der Waals surface area contributed by atoms with Crippen molar-refractivity contribution in [2.75, 3.05) is 36.9 Å². The molecule has 0 unspecified atom stereocenters. The van der Waals surface area contributed by atoms with E-state index in [1.807, 2.05) is 48.5 Å². The van der Waals surface area contributed by atoms with Crippen molar-refractivity contribution in [1.82, 2.24) is 10.2 Å². The van der Waals surface area contributed by atoms with E-state index in [-0.39, 0.29) is 30.3 Å². The van der Waals surface area contributed by atoms with Crippen LogP contribution in [0.1, 0.15) is 12.8 Å². The van der Waals surface area contributed by atoms with E-state index >= 15 is 0 Å². The van der Waals surface area contributed by atoms with E-state index in [4.69, 9.17) is 4.74 Å². The van der Waals surface area contributed by atoms with Crippen molar-refractivity contribution >= 4 is 29.2 Å². The molecule has 0 aromatic heterocycles. The van der Waals surface area contributed by atoms with Gasteiger partial charge < -0.3 is 25.2 Å². The molecule has 8 heteroatoms. The molecule has 2 aromatic rings. The van der Waals surface area contributed by atoms with Gasteiger partial charge in [0.25, 0.3) is 5.91 Å². The SMILES string of the molecule is CNC(=O)[C@H]1CN(C(=O)[C@H]2CCCN(C(=O)Nc3ccccc3)C2)c2ccccc2O1. The maximum atomic E-state index is 13.5. The Morgan fingerprint density at radius 1 is 1.00 bits per heavy atom. The Morgan fingerprint density at radius 3 is 2.52 bits per heavy atom. The lowest BCUT2D eigenvalue weighted by Gasteiger charge is -2.38. The molecular formula is C23H26N4O4. The Kier molecular flexibility index (Phi) is 6.06. The molecule has 2 aliphatic heterocycles. The van der Waals surface area contributed by atoms with Crippen molar-refractivity contribution in [2.45, 2.75) is 18.9 Å². The second-order valence-corrected chi connectivity index (χ2v) is 7.72. The van der Waals surface area contributed by atoms with E-state index in [1.54, 1.807) is 22.9 Å². The van der Waals surface area contributed by atoms with Gasteiger partial charge in [0.05, 0.1) is 18.2 Å². The van der Waals surface area contributed by atoms with Crippen LogP contribution in [0.2, 0.25) is 0 Å². The number of nitrogens with zero attached hydrogens (tertiary/aromatic N) is 2. The number of benzene rings is 2. The first kappa shape index (κ1) is 20.7. The molecule has 1 saturated heterocycles. The van der Waals surface area contributed by atoms with E-state index in [1.165, 1.54) is 0 Å². The second-order valence-electron chi connectivity index (χ2n) is 7.72. The standard InChI is InChI=1S/C23H26N4O4/c1-24-21(28)20-15-27(18-11-5-6-12-19(18)31-20)22(29)16-8-7-13-26(14-16)23(30)25-17-9-3-2-4-10-17/h2-6,9-12,16,20H,7-8,13-15H2,1H3,(H,24,28)(H,25,30)/t16-,20+/m0/s1. The smallest absolute Gasteiger partial charge is 0.321 e. The molecule has 2 N–H and O–H groups in total. The molecule has 0 bridgehead atoms. The summed E-state index contributed by atoms with van der Waals surface area (Å²) in [6.45, 7) is 1.08. The van der Waals surface area contributed by atoms with Crippen LogP contribution in [0.3, 0.4) is 0 Å². The van der Waals surface area contributed by atoms with Gasteiger partial charge in [-0.1, -0.05) is 30.3 Å². The third-order valence-corrected chi connectivity index (χ3v) is 5.66. The van der Waals surface area contributed by atoms with E-state index in [2.05, 4.69) is 10.6 Å². The van der Waals surface area contributed by atoms with Gasteiger partial charge in [-0.15, -0.1) is 0 Å². The molecule has 31 heavy (non-hydrogen) atoms. The molecule has 8 nitrogen and oxygen atoms in total. The Hall–Kier alpha value is -3.55. The van der Waals surface area contributed by atoms with Crippen molar-refractivity contribution in [3.05, 3.63) is 54.6 Å². The number of rotatable bonds is 3. The van der Waals surface area contributed by atoms with Crippen LogP contribution in [0.25, 0.3) is 0 Å². The maximum Gasteiger partial charge on any atom is 0.321 e. The van der Waals surface area contributed by atoms with Crippen molar-refractivity contribution in [2.24, 2.45) is 5.92 Å². The van der Waals surface area contributed by atoms with Gasteiger partial charge >= 0.3 is 6.03 Å². The molecule has 4 amide bonds. The monoisotopic (exact) mass is 422 g/mol. The molecular weight excluding hydrogens is 396 g/mol. The molecule has 4 rings (SSSR count). The number of hydrogen-bond acceptors (Lipinski definition) is 4. The van der Waals surface area contributed by atoms with Gasteiger partial charge in [-0.2, -0.15) is 0 Å². The number of para-hydroxylation sites is 3. The number of hydrogen-bond donors (Lipinski definition) is 2. The number of anilines is 2. The second kappa shape index (κ2) is 9.07. The number of likely N-dealkylation sites (N-methyl/N-ethyl adjacent to an activating group) is 1. The zero-order valence-electron chi connectivity index (χ0n) is 17.4. The largest absolute Gasteiger partial charge is 0.477 e. The number of urea groups is 1. The topological polar surface area (TPSA) is 91.0 Å². The lowest BCUT2D eigenvalue weighted by molar-refractivity contribution is -0.128. The highest BCUT2D eigenvalue weighted by Crippen LogP contribution is 2.35. The third kappa shape index (κ3) is 4.47. The highest BCUT2D eigenvalue weighted by Gasteiger charge is 2.38. The van der Waals surface area contributed by atoms with Gasteiger partial charge in [-0.05, 0) is 37.1 Å². The summed E-state index contributed by atoms with van der Waals surface area (Å²) in [5, 5.41) is 5.47. The summed E-state index contributed by atoms with van der Waals surface area (Å²) in [6, 6.07) is 16.3. The van der Waals surface area contributed by atoms with Crippen molar-refractivity contribution < 1.29 is 19.1 Å². The van der Waals surface area contributed by atoms with E-state index in [0.717, 1.165) is 12.1 Å². The Morgan fingerprint density at radius 2 is 1.74 bits per heavy atom. The summed E-state index contributed by atoms with van der Waals surface area (Å²) in [4.78, 5) is 41.7. The van der Waals surface area contributed by atoms with Gasteiger partial charge in [-0.25, -0.2) is 4.79 Å². The fourth-order valence-electron chi connectivity index (χ4n) is 4.05. The Labute approximate surface area is 181 Å². The van der Waals surface area contributed by atoms with Gasteiger partial charge in [0.2, 0.25) is 5.91 Å². The average molecular weight is 422 g/mol. The molecule has 0 radical (unpaired) electrons. The van der Waals surface area contributed by atoms with Crippen LogP contribution >= 0.6 is 0 Å². The summed E-state index contributed by atoms with van der Waals surface area (Å²) in [6.07, 6.45) is 0.659. The first-order valence-corrected chi connectivity index (χ1v) is 10.5. The highest BCUT2D eigenvalue weighted by molar-refractivity contribution is 5.99. The summed E-state index contributed by atoms with van der Waals surface area (Å²) in [5.74, 6) is -0.210. The number of piperidine rings is 1. The quantitative estimate of drug-likeness (QED) is 0.795. The van der Waals surface area contributed by atoms with Crippen LogP contribution < -0.4 is 20.3 Å². The fourth-order valence-corrected chi connectivity index (χ4v) is 4.05. The van der Waals surface area contributed by atoms with E-state index in [9.17, 15) is 14.4 Å². The molecule has 0 spiro atoms. The van der Waals surface area contributed by atoms with E-state index in [0.29, 0.717) is 30.9 Å². The van der Waals surface area contributed by atoms with Crippen molar-refractivity contribution in [3.8, 4) is 5.75 Å². The zero-order chi connectivity index (χ0) is 21.8. The van der Waals surface area contributed by atoms with Crippen LogP contribution in [0.4, 0.5) is 16.2 Å². The first-order valence-electron chi connectivity index (χ1n) is 10.5. The molecule has 2 aromatic carbocycles. The van der Waals surface area contributed by atoms with Crippen molar-refractivity contribution in [1.29, 1.82) is 0 Å². The third-order valence-electron chi connectivity index (χ3n) is 5.66. The predicted octanol–water partition coefficient (Wildman–Crippen LogP) is 2.47. The lowest BCUT2D eigenvalue weighted by atomic mass is 9.95. The Bertz CT molecular complexity index is 965. The minimum Gasteiger partial charge on any atom is -0.477 e. The van der Waals surface area contributed by atoms with E-state index < -0.39 is 6.10 Å². The number of ether oxygens (including phenoxy) is 1. The summed E-state index contributed by atoms with van der Waals surface area (Å²) >= 11 is 0. The molecule has 1 fully saturated rings. The summed E-state index contributed by atoms with van der Waals surface area (Å²) in [7, 11) is 1.54. The highest BCUT2D eigenvalue weighted by atomic mass is 16.5. The number of likely N-dealkylation sites (tertiary alicyclic amines) is 1. The molecule has 2 heterocycles. The molecule has 0 saturated carbocycles. The first-order chi connectivity index (χ1) is 15.1. The number of amides is 4. The number of carbonyl (C=O) groups is 3. The maximum absolute atomic E-state index is 13.5. The molecule has 2 atom stereocenters. The minimum atomic E-state index is -0.773. The summed E-state index contributed by atoms with van der Waals surface area (Å²) in [5.41, 5.74) is 1.37. The molecule has 162 valence electrons. The fraction of sp³-hybridized carbons (Fsp3) is 0.348. The van der Waals surface area contributed by atoms with Crippen LogP contribution in [0, 0.1) is 5.92 Å². The van der Waals surface area contributed by atoms with Gasteiger partial charge in [0, 0.05) is 25.8 Å². The van der Waals surface area contributed by atoms with Gasteiger partial charge in [-0.3, -0.25) is 9.59 Å². The van der Waals surface area contributed by atoms with Crippen LogP contribution in [0.5, 0.6) is 5.75 Å². The lowest BCUT2D eigenvalue weighted by Crippen LogP contribution is -2.54.